The molecule has 0 atom stereocenters. The highest BCUT2D eigenvalue weighted by molar-refractivity contribution is 6.01. The molecule has 0 aliphatic rings. The van der Waals surface area contributed by atoms with Crippen LogP contribution in [0.1, 0.15) is 23.7 Å². The largest absolute Gasteiger partial charge is 0.497 e. The third kappa shape index (κ3) is 4.59. The first kappa shape index (κ1) is 15.0. The van der Waals surface area contributed by atoms with E-state index in [-0.39, 0.29) is 23.7 Å². The number of hydrogen-bond donors (Lipinski definition) is 3. The summed E-state index contributed by atoms with van der Waals surface area (Å²) in [6.45, 7) is 2.87. The van der Waals surface area contributed by atoms with Crippen molar-refractivity contribution in [2.24, 2.45) is 0 Å². The first-order chi connectivity index (χ1) is 9.08. The van der Waals surface area contributed by atoms with Crippen LogP contribution in [0.15, 0.2) is 18.2 Å². The maximum atomic E-state index is 11.7. The summed E-state index contributed by atoms with van der Waals surface area (Å²) in [7, 11) is 1.48. The second kappa shape index (κ2) is 7.38. The average molecular weight is 266 g/mol. The molecule has 0 aliphatic heterocycles. The summed E-state index contributed by atoms with van der Waals surface area (Å²) >= 11 is 0. The molecule has 0 unspecified atom stereocenters. The van der Waals surface area contributed by atoms with Crippen molar-refractivity contribution in [3.63, 3.8) is 0 Å². The highest BCUT2D eigenvalue weighted by Crippen LogP contribution is 2.22. The maximum Gasteiger partial charge on any atom is 0.337 e. The van der Waals surface area contributed by atoms with Gasteiger partial charge in [-0.15, -0.1) is 0 Å². The molecule has 0 saturated heterocycles. The van der Waals surface area contributed by atoms with Gasteiger partial charge >= 0.3 is 5.97 Å². The molecule has 0 aliphatic carbocycles. The predicted molar refractivity (Wildman–Crippen MR) is 71.7 cm³/mol. The molecule has 0 bridgehead atoms. The van der Waals surface area contributed by atoms with Crippen molar-refractivity contribution in [2.75, 3.05) is 25.5 Å². The van der Waals surface area contributed by atoms with Crippen molar-refractivity contribution in [1.29, 1.82) is 0 Å². The van der Waals surface area contributed by atoms with Gasteiger partial charge in [0.1, 0.15) is 5.75 Å². The molecule has 1 aromatic carbocycles. The van der Waals surface area contributed by atoms with Crippen LogP contribution in [0.4, 0.5) is 5.69 Å². The lowest BCUT2D eigenvalue weighted by Gasteiger charge is -2.10. The molecule has 19 heavy (non-hydrogen) atoms. The number of carbonyl (C=O) groups is 2. The molecule has 0 fully saturated rings. The molecule has 1 amide bonds. The number of anilines is 1. The van der Waals surface area contributed by atoms with Gasteiger partial charge in [-0.3, -0.25) is 4.79 Å². The lowest BCUT2D eigenvalue weighted by atomic mass is 10.1. The van der Waals surface area contributed by atoms with E-state index in [9.17, 15) is 9.59 Å². The Morgan fingerprint density at radius 3 is 2.68 bits per heavy atom. The Balaban J connectivity index is 2.79. The SMILES string of the molecule is CCCNCC(=O)Nc1cc(OC)ccc1C(=O)O. The van der Waals surface area contributed by atoms with Gasteiger partial charge in [-0.05, 0) is 25.1 Å². The number of ether oxygens (including phenoxy) is 1. The summed E-state index contributed by atoms with van der Waals surface area (Å²) in [6.07, 6.45) is 0.923. The van der Waals surface area contributed by atoms with Crippen LogP contribution in [-0.2, 0) is 4.79 Å². The number of benzene rings is 1. The molecule has 1 aromatic rings. The van der Waals surface area contributed by atoms with Crippen LogP contribution >= 0.6 is 0 Å². The van der Waals surface area contributed by atoms with Crippen LogP contribution in [0.25, 0.3) is 0 Å². The summed E-state index contributed by atoms with van der Waals surface area (Å²) in [5, 5.41) is 14.6. The van der Waals surface area contributed by atoms with Crippen molar-refractivity contribution in [3.8, 4) is 5.75 Å². The smallest absolute Gasteiger partial charge is 0.337 e. The van der Waals surface area contributed by atoms with E-state index >= 15 is 0 Å². The number of aromatic carboxylic acids is 1. The van der Waals surface area contributed by atoms with Gasteiger partial charge < -0.3 is 20.5 Å². The van der Waals surface area contributed by atoms with Crippen molar-refractivity contribution >= 4 is 17.6 Å². The number of methoxy groups -OCH3 is 1. The molecule has 0 radical (unpaired) electrons. The number of hydrogen-bond acceptors (Lipinski definition) is 4. The fourth-order valence-corrected chi connectivity index (χ4v) is 1.51. The minimum Gasteiger partial charge on any atom is -0.497 e. The van der Waals surface area contributed by atoms with E-state index in [2.05, 4.69) is 10.6 Å². The van der Waals surface area contributed by atoms with E-state index in [1.165, 1.54) is 25.3 Å². The molecule has 1 rings (SSSR count). The summed E-state index contributed by atoms with van der Waals surface area (Å²) in [6, 6.07) is 4.42. The van der Waals surface area contributed by atoms with Gasteiger partial charge in [-0.25, -0.2) is 4.79 Å². The van der Waals surface area contributed by atoms with Gasteiger partial charge in [0.2, 0.25) is 5.91 Å². The first-order valence-electron chi connectivity index (χ1n) is 6.00. The standard InChI is InChI=1S/C13H18N2O4/c1-3-6-14-8-12(16)15-11-7-9(19-2)4-5-10(11)13(17)18/h4-5,7,14H,3,6,8H2,1-2H3,(H,15,16)(H,17,18). The Morgan fingerprint density at radius 1 is 1.37 bits per heavy atom. The molecule has 0 heterocycles. The second-order valence-electron chi connectivity index (χ2n) is 3.94. The zero-order chi connectivity index (χ0) is 14.3. The molecule has 3 N–H and O–H groups in total. The number of carboxylic acid groups (broad SMARTS) is 1. The predicted octanol–water partition coefficient (Wildman–Crippen LogP) is 1.33. The van der Waals surface area contributed by atoms with Crippen LogP contribution in [-0.4, -0.2) is 37.2 Å². The summed E-state index contributed by atoms with van der Waals surface area (Å²) in [5.74, 6) is -0.898. The van der Waals surface area contributed by atoms with Gasteiger partial charge in [-0.2, -0.15) is 0 Å². The van der Waals surface area contributed by atoms with Crippen molar-refractivity contribution in [2.45, 2.75) is 13.3 Å². The van der Waals surface area contributed by atoms with Gasteiger partial charge in [0.25, 0.3) is 0 Å². The molecule has 0 spiro atoms. The van der Waals surface area contributed by atoms with E-state index in [0.717, 1.165) is 13.0 Å². The van der Waals surface area contributed by atoms with E-state index < -0.39 is 5.97 Å². The van der Waals surface area contributed by atoms with Gasteiger partial charge in [0.15, 0.2) is 0 Å². The van der Waals surface area contributed by atoms with E-state index in [4.69, 9.17) is 9.84 Å². The number of amides is 1. The average Bonchev–Trinajstić information content (AvgIpc) is 2.38. The monoisotopic (exact) mass is 266 g/mol. The summed E-state index contributed by atoms with van der Waals surface area (Å²) in [5.41, 5.74) is 0.264. The Hall–Kier alpha value is -2.08. The number of rotatable bonds is 7. The Bertz CT molecular complexity index is 460. The molecule has 6 heteroatoms. The summed E-state index contributed by atoms with van der Waals surface area (Å²) < 4.78 is 5.01. The zero-order valence-electron chi connectivity index (χ0n) is 11.0. The minimum atomic E-state index is -1.10. The van der Waals surface area contributed by atoms with Crippen LogP contribution in [0.5, 0.6) is 5.75 Å². The lowest BCUT2D eigenvalue weighted by molar-refractivity contribution is -0.115. The fourth-order valence-electron chi connectivity index (χ4n) is 1.51. The highest BCUT2D eigenvalue weighted by Gasteiger charge is 2.13. The second-order valence-corrected chi connectivity index (χ2v) is 3.94. The normalized spacial score (nSPS) is 10.0. The topological polar surface area (TPSA) is 87.7 Å². The Morgan fingerprint density at radius 2 is 2.11 bits per heavy atom. The van der Waals surface area contributed by atoms with Crippen molar-refractivity contribution < 1.29 is 19.4 Å². The highest BCUT2D eigenvalue weighted by atomic mass is 16.5. The molecule has 0 saturated carbocycles. The Kier molecular flexibility index (Phi) is 5.81. The van der Waals surface area contributed by atoms with Gasteiger partial charge in [-0.1, -0.05) is 6.92 Å². The van der Waals surface area contributed by atoms with E-state index in [1.807, 2.05) is 6.92 Å². The van der Waals surface area contributed by atoms with Crippen LogP contribution in [0.2, 0.25) is 0 Å². The minimum absolute atomic E-state index is 0.0321. The van der Waals surface area contributed by atoms with Crippen LogP contribution < -0.4 is 15.4 Å². The van der Waals surface area contributed by atoms with Gasteiger partial charge in [0.05, 0.1) is 24.9 Å². The third-order valence-electron chi connectivity index (χ3n) is 2.44. The zero-order valence-corrected chi connectivity index (χ0v) is 11.0. The molecular weight excluding hydrogens is 248 g/mol. The molecular formula is C13H18N2O4. The molecule has 0 aromatic heterocycles. The Labute approximate surface area is 111 Å². The summed E-state index contributed by atoms with van der Waals surface area (Å²) in [4.78, 5) is 22.7. The van der Waals surface area contributed by atoms with E-state index in [1.54, 1.807) is 0 Å². The maximum absolute atomic E-state index is 11.7. The van der Waals surface area contributed by atoms with Crippen molar-refractivity contribution in [3.05, 3.63) is 23.8 Å². The number of nitrogens with one attached hydrogen (secondary N) is 2. The van der Waals surface area contributed by atoms with Gasteiger partial charge in [0, 0.05) is 6.07 Å². The fraction of sp³-hybridized carbons (Fsp3) is 0.385. The molecule has 6 nitrogen and oxygen atoms in total. The lowest BCUT2D eigenvalue weighted by Crippen LogP contribution is -2.29. The number of carbonyl (C=O) groups excluding carboxylic acids is 1. The molecule has 104 valence electrons. The number of carboxylic acids is 1. The van der Waals surface area contributed by atoms with Crippen molar-refractivity contribution in [1.82, 2.24) is 5.32 Å². The third-order valence-corrected chi connectivity index (χ3v) is 2.44. The van der Waals surface area contributed by atoms with Crippen LogP contribution in [0, 0.1) is 0 Å². The quantitative estimate of drug-likeness (QED) is 0.648. The van der Waals surface area contributed by atoms with Crippen LogP contribution in [0.3, 0.4) is 0 Å². The van der Waals surface area contributed by atoms with E-state index in [0.29, 0.717) is 5.75 Å². The first-order valence-corrected chi connectivity index (χ1v) is 6.00.